The van der Waals surface area contributed by atoms with Crippen molar-refractivity contribution in [3.63, 3.8) is 0 Å². The molecule has 0 saturated carbocycles. The van der Waals surface area contributed by atoms with E-state index in [1.54, 1.807) is 14.2 Å². The summed E-state index contributed by atoms with van der Waals surface area (Å²) >= 11 is 0. The molecule has 0 saturated heterocycles. The van der Waals surface area contributed by atoms with Crippen molar-refractivity contribution in [2.24, 2.45) is 0 Å². The summed E-state index contributed by atoms with van der Waals surface area (Å²) in [5, 5.41) is 0. The van der Waals surface area contributed by atoms with Gasteiger partial charge in [-0.1, -0.05) is 18.2 Å². The van der Waals surface area contributed by atoms with E-state index in [0.29, 0.717) is 28.7 Å². The van der Waals surface area contributed by atoms with Gasteiger partial charge in [0.15, 0.2) is 34.5 Å². The van der Waals surface area contributed by atoms with Gasteiger partial charge in [0.25, 0.3) is 0 Å². The van der Waals surface area contributed by atoms with Gasteiger partial charge in [0.1, 0.15) is 5.75 Å². The van der Waals surface area contributed by atoms with Gasteiger partial charge in [-0.25, -0.2) is 0 Å². The van der Waals surface area contributed by atoms with Crippen molar-refractivity contribution in [2.45, 2.75) is 37.8 Å². The lowest BCUT2D eigenvalue weighted by molar-refractivity contribution is 0.171. The molecule has 9 rings (SSSR count). The molecule has 0 unspecified atom stereocenters. The number of fused-ring (bicyclic) bond motifs is 3. The van der Waals surface area contributed by atoms with Crippen molar-refractivity contribution in [1.82, 2.24) is 9.80 Å². The minimum atomic E-state index is 0.0724. The first-order chi connectivity index (χ1) is 22.0. The lowest BCUT2D eigenvalue weighted by Crippen LogP contribution is -2.34. The average Bonchev–Trinajstić information content (AvgIpc) is 3.53. The Morgan fingerprint density at radius 3 is 2.16 bits per heavy atom. The Bertz CT molecular complexity index is 1770. The van der Waals surface area contributed by atoms with Crippen molar-refractivity contribution < 1.29 is 28.4 Å². The van der Waals surface area contributed by atoms with Crippen molar-refractivity contribution in [3.8, 4) is 46.0 Å². The van der Waals surface area contributed by atoms with Crippen LogP contribution in [-0.4, -0.2) is 58.0 Å². The van der Waals surface area contributed by atoms with E-state index in [1.165, 1.54) is 22.3 Å². The first-order valence-corrected chi connectivity index (χ1v) is 15.7. The minimum Gasteiger partial charge on any atom is -0.493 e. The molecule has 0 spiro atoms. The number of benzene rings is 4. The molecular weight excluding hydrogens is 568 g/mol. The molecule has 8 nitrogen and oxygen atoms in total. The zero-order valence-corrected chi connectivity index (χ0v) is 26.2. The summed E-state index contributed by atoms with van der Waals surface area (Å²) in [6, 6.07) is 21.3. The highest BCUT2D eigenvalue weighted by Gasteiger charge is 2.36. The summed E-state index contributed by atoms with van der Waals surface area (Å²) in [5.41, 5.74) is 7.25. The van der Waals surface area contributed by atoms with E-state index in [9.17, 15) is 0 Å². The van der Waals surface area contributed by atoms with Gasteiger partial charge in [-0.05, 0) is 110 Å². The van der Waals surface area contributed by atoms with Crippen molar-refractivity contribution in [3.05, 3.63) is 94.0 Å². The van der Waals surface area contributed by atoms with Crippen molar-refractivity contribution in [1.29, 1.82) is 0 Å². The van der Waals surface area contributed by atoms with Crippen molar-refractivity contribution in [2.75, 3.05) is 48.2 Å². The quantitative estimate of drug-likeness (QED) is 0.245. The Hall–Kier alpha value is -4.40. The molecule has 4 aromatic rings. The van der Waals surface area contributed by atoms with Gasteiger partial charge in [-0.3, -0.25) is 9.80 Å². The van der Waals surface area contributed by atoms with E-state index in [-0.39, 0.29) is 18.9 Å². The lowest BCUT2D eigenvalue weighted by Gasteiger charge is -2.37. The van der Waals surface area contributed by atoms with Crippen LogP contribution in [0, 0.1) is 0 Å². The van der Waals surface area contributed by atoms with Gasteiger partial charge < -0.3 is 28.4 Å². The fourth-order valence-electron chi connectivity index (χ4n) is 7.33. The third-order valence-corrected chi connectivity index (χ3v) is 9.84. The molecule has 0 N–H and O–H groups in total. The standard InChI is InChI=1S/C37H38N2O6/c1-38-13-11-24-18-31(41-4)33-20-27(24)28(38)16-23-7-10-30(40-3)32(17-23)44-26-8-5-22(6-9-26)15-29-35-25(12-14-39(29)2)19-34-36(37(35)45-33)43-21-42-34/h5-10,17-20,28-29H,11-16,21H2,1-4H3/t28-,29-/m1/s1. The zero-order chi connectivity index (χ0) is 30.7. The maximum absolute atomic E-state index is 7.00. The highest BCUT2D eigenvalue weighted by molar-refractivity contribution is 5.64. The maximum Gasteiger partial charge on any atom is 0.231 e. The van der Waals surface area contributed by atoms with Gasteiger partial charge >= 0.3 is 0 Å². The summed E-state index contributed by atoms with van der Waals surface area (Å²) in [6.07, 6.45) is 3.43. The van der Waals surface area contributed by atoms with E-state index >= 15 is 0 Å². The number of nitrogens with zero attached hydrogens (tertiary/aromatic N) is 2. The number of likely N-dealkylation sites (N-methyl/N-ethyl adjacent to an activating group) is 2. The number of methoxy groups -OCH3 is 2. The highest BCUT2D eigenvalue weighted by Crippen LogP contribution is 2.53. The summed E-state index contributed by atoms with van der Waals surface area (Å²) in [5.74, 6) is 5.71. The van der Waals surface area contributed by atoms with E-state index < -0.39 is 0 Å². The fraction of sp³-hybridized carbons (Fsp3) is 0.351. The van der Waals surface area contributed by atoms with Crippen LogP contribution < -0.4 is 28.4 Å². The second-order valence-electron chi connectivity index (χ2n) is 12.4. The van der Waals surface area contributed by atoms with Gasteiger partial charge in [0.2, 0.25) is 12.5 Å². The summed E-state index contributed by atoms with van der Waals surface area (Å²) < 4.78 is 37.1. The molecule has 5 aliphatic rings. The van der Waals surface area contributed by atoms with Gasteiger partial charge in [-0.2, -0.15) is 0 Å². The van der Waals surface area contributed by atoms with E-state index in [2.05, 4.69) is 66.4 Å². The zero-order valence-electron chi connectivity index (χ0n) is 26.2. The van der Waals surface area contributed by atoms with Crippen molar-refractivity contribution >= 4 is 0 Å². The van der Waals surface area contributed by atoms with Crippen LogP contribution in [0.1, 0.15) is 45.5 Å². The van der Waals surface area contributed by atoms with Crippen LogP contribution in [0.5, 0.6) is 46.0 Å². The smallest absolute Gasteiger partial charge is 0.231 e. The molecular formula is C37H38N2O6. The number of ether oxygens (including phenoxy) is 6. The van der Waals surface area contributed by atoms with E-state index in [4.69, 9.17) is 28.4 Å². The number of rotatable bonds is 2. The van der Waals surface area contributed by atoms with Gasteiger partial charge in [0.05, 0.1) is 14.2 Å². The fourth-order valence-corrected chi connectivity index (χ4v) is 7.33. The van der Waals surface area contributed by atoms with E-state index in [0.717, 1.165) is 67.1 Å². The summed E-state index contributed by atoms with van der Waals surface area (Å²) in [7, 11) is 7.77. The molecule has 0 aliphatic carbocycles. The second kappa shape index (κ2) is 11.2. The topological polar surface area (TPSA) is 61.9 Å². The lowest BCUT2D eigenvalue weighted by atomic mass is 9.87. The Morgan fingerprint density at radius 1 is 0.644 bits per heavy atom. The van der Waals surface area contributed by atoms with Crippen LogP contribution >= 0.6 is 0 Å². The predicted molar refractivity (Wildman–Crippen MR) is 171 cm³/mol. The van der Waals surface area contributed by atoms with Crippen LogP contribution in [-0.2, 0) is 25.7 Å². The first kappa shape index (κ1) is 28.1. The first-order valence-electron chi connectivity index (χ1n) is 15.7. The van der Waals surface area contributed by atoms with Crippen LogP contribution in [0.25, 0.3) is 0 Å². The van der Waals surface area contributed by atoms with Gasteiger partial charge in [0, 0.05) is 30.7 Å². The third-order valence-electron chi connectivity index (χ3n) is 9.84. The monoisotopic (exact) mass is 606 g/mol. The normalized spacial score (nSPS) is 20.4. The number of hydrogen-bond donors (Lipinski definition) is 0. The molecule has 0 aromatic heterocycles. The average molecular weight is 607 g/mol. The highest BCUT2D eigenvalue weighted by atomic mass is 16.7. The molecule has 0 amide bonds. The molecule has 45 heavy (non-hydrogen) atoms. The minimum absolute atomic E-state index is 0.0724. The van der Waals surface area contributed by atoms with Crippen LogP contribution in [0.15, 0.2) is 60.7 Å². The summed E-state index contributed by atoms with van der Waals surface area (Å²) in [4.78, 5) is 4.83. The Balaban J connectivity index is 1.34. The predicted octanol–water partition coefficient (Wildman–Crippen LogP) is 6.87. The van der Waals surface area contributed by atoms with Crippen LogP contribution in [0.2, 0.25) is 0 Å². The molecule has 4 aromatic carbocycles. The molecule has 0 fully saturated rings. The molecule has 232 valence electrons. The second-order valence-corrected chi connectivity index (χ2v) is 12.4. The summed E-state index contributed by atoms with van der Waals surface area (Å²) in [6.45, 7) is 2.06. The van der Waals surface area contributed by atoms with Gasteiger partial charge in [-0.15, -0.1) is 0 Å². The number of hydrogen-bond acceptors (Lipinski definition) is 8. The SMILES string of the molecule is COc1ccc2cc1Oc1ccc(cc1)C[C@@H]1c3c(cc4c(c3Oc3cc5c(cc3OC)CCN(C)[C@@H]5C2)OCO4)CCN1C. The van der Waals surface area contributed by atoms with E-state index in [1.807, 2.05) is 18.2 Å². The molecule has 5 aliphatic heterocycles. The molecule has 5 heterocycles. The molecule has 0 radical (unpaired) electrons. The Labute approximate surface area is 264 Å². The molecule has 2 atom stereocenters. The maximum atomic E-state index is 7.00. The third kappa shape index (κ3) is 4.93. The largest absolute Gasteiger partial charge is 0.493 e. The van der Waals surface area contributed by atoms with Crippen LogP contribution in [0.4, 0.5) is 0 Å². The molecule has 8 heteroatoms. The molecule has 6 bridgehead atoms. The Kier molecular flexibility index (Phi) is 6.99. The van der Waals surface area contributed by atoms with Crippen LogP contribution in [0.3, 0.4) is 0 Å². The Morgan fingerprint density at radius 2 is 1.36 bits per heavy atom.